The standard InChI is InChI=1S/C14H14N4O4S/c1-3-22-11-5-4-9(23(20)21)6-10(11)13-16-12-7-15-8(2)18(12)14(19)17-13/h4-7H,3H2,1-2H3,(H,20,21)(H,16,17,19)/p-1. The molecule has 0 spiro atoms. The molecule has 23 heavy (non-hydrogen) atoms. The summed E-state index contributed by atoms with van der Waals surface area (Å²) in [6, 6.07) is 4.37. The van der Waals surface area contributed by atoms with Crippen molar-refractivity contribution in [2.45, 2.75) is 18.7 Å². The molecule has 0 saturated heterocycles. The summed E-state index contributed by atoms with van der Waals surface area (Å²) < 4.78 is 29.2. The van der Waals surface area contributed by atoms with E-state index in [-0.39, 0.29) is 10.7 Å². The second-order valence-electron chi connectivity index (χ2n) is 4.72. The summed E-state index contributed by atoms with van der Waals surface area (Å²) >= 11 is -2.40. The molecular weight excluding hydrogens is 320 g/mol. The van der Waals surface area contributed by atoms with Crippen molar-refractivity contribution in [3.8, 4) is 17.1 Å². The molecule has 0 aliphatic carbocycles. The summed E-state index contributed by atoms with van der Waals surface area (Å²) in [5.74, 6) is 1.17. The topological polar surface area (TPSA) is 112 Å². The number of nitrogens with zero attached hydrogens (tertiary/aromatic N) is 3. The maximum Gasteiger partial charge on any atom is 0.334 e. The average molecular weight is 333 g/mol. The third-order valence-electron chi connectivity index (χ3n) is 3.27. The highest BCUT2D eigenvalue weighted by Gasteiger charge is 2.13. The van der Waals surface area contributed by atoms with Crippen LogP contribution in [0.5, 0.6) is 5.75 Å². The van der Waals surface area contributed by atoms with E-state index in [0.717, 1.165) is 0 Å². The lowest BCUT2D eigenvalue weighted by atomic mass is 10.2. The number of aryl methyl sites for hydroxylation is 1. The van der Waals surface area contributed by atoms with Crippen LogP contribution in [0.25, 0.3) is 17.0 Å². The Balaban J connectivity index is 2.25. The number of ether oxygens (including phenoxy) is 1. The minimum Gasteiger partial charge on any atom is -0.768 e. The fraction of sp³-hybridized carbons (Fsp3) is 0.214. The molecule has 2 aromatic heterocycles. The minimum absolute atomic E-state index is 0.0793. The fourth-order valence-electron chi connectivity index (χ4n) is 2.27. The first-order valence-electron chi connectivity index (χ1n) is 6.82. The van der Waals surface area contributed by atoms with E-state index in [1.165, 1.54) is 28.8 Å². The molecule has 120 valence electrons. The Hall–Kier alpha value is -2.52. The molecular formula is C14H13N4O4S-. The van der Waals surface area contributed by atoms with Crippen molar-refractivity contribution < 1.29 is 13.5 Å². The third-order valence-corrected chi connectivity index (χ3v) is 3.91. The van der Waals surface area contributed by atoms with E-state index in [9.17, 15) is 13.6 Å². The first-order valence-corrected chi connectivity index (χ1v) is 7.89. The molecule has 9 heteroatoms. The molecule has 3 rings (SSSR count). The van der Waals surface area contributed by atoms with Gasteiger partial charge in [0.15, 0.2) is 5.65 Å². The van der Waals surface area contributed by atoms with E-state index in [4.69, 9.17) is 4.74 Å². The fourth-order valence-corrected chi connectivity index (χ4v) is 2.66. The number of benzene rings is 1. The molecule has 1 aromatic carbocycles. The zero-order valence-corrected chi connectivity index (χ0v) is 13.2. The lowest BCUT2D eigenvalue weighted by molar-refractivity contribution is 0.341. The Morgan fingerprint density at radius 2 is 2.22 bits per heavy atom. The van der Waals surface area contributed by atoms with Gasteiger partial charge in [0.2, 0.25) is 0 Å². The van der Waals surface area contributed by atoms with Crippen LogP contribution in [0.3, 0.4) is 0 Å². The van der Waals surface area contributed by atoms with Gasteiger partial charge in [0.1, 0.15) is 17.4 Å². The summed E-state index contributed by atoms with van der Waals surface area (Å²) in [5.41, 5.74) is 0.362. The molecule has 0 radical (unpaired) electrons. The molecule has 2 heterocycles. The number of imidazole rings is 1. The number of nitrogens with one attached hydrogen (secondary N) is 1. The van der Waals surface area contributed by atoms with Crippen molar-refractivity contribution in [3.05, 3.63) is 40.7 Å². The van der Waals surface area contributed by atoms with Gasteiger partial charge in [0.25, 0.3) is 0 Å². The Morgan fingerprint density at radius 1 is 1.43 bits per heavy atom. The Bertz CT molecular complexity index is 963. The van der Waals surface area contributed by atoms with Crippen LogP contribution < -0.4 is 10.4 Å². The summed E-state index contributed by atoms with van der Waals surface area (Å²) in [7, 11) is 0. The Morgan fingerprint density at radius 3 is 2.91 bits per heavy atom. The zero-order chi connectivity index (χ0) is 16.6. The number of aromatic nitrogens is 4. The number of fused-ring (bicyclic) bond motifs is 1. The van der Waals surface area contributed by atoms with Gasteiger partial charge >= 0.3 is 5.69 Å². The van der Waals surface area contributed by atoms with Crippen molar-refractivity contribution in [1.82, 2.24) is 19.4 Å². The number of aromatic amines is 1. The molecule has 1 atom stereocenters. The predicted octanol–water partition coefficient (Wildman–Crippen LogP) is 1.03. The van der Waals surface area contributed by atoms with E-state index >= 15 is 0 Å². The molecule has 1 N–H and O–H groups in total. The molecule has 0 bridgehead atoms. The molecule has 0 fully saturated rings. The third kappa shape index (κ3) is 2.76. The van der Waals surface area contributed by atoms with Gasteiger partial charge in [-0.2, -0.15) is 0 Å². The van der Waals surface area contributed by atoms with Gasteiger partial charge in [-0.3, -0.25) is 9.19 Å². The highest BCUT2D eigenvalue weighted by molar-refractivity contribution is 7.79. The highest BCUT2D eigenvalue weighted by Crippen LogP contribution is 2.29. The lowest BCUT2D eigenvalue weighted by Crippen LogP contribution is -2.19. The van der Waals surface area contributed by atoms with Gasteiger partial charge in [-0.1, -0.05) is 0 Å². The molecule has 0 aliphatic heterocycles. The van der Waals surface area contributed by atoms with E-state index in [1.54, 1.807) is 6.92 Å². The quantitative estimate of drug-likeness (QED) is 0.714. The largest absolute Gasteiger partial charge is 0.768 e. The van der Waals surface area contributed by atoms with Crippen molar-refractivity contribution in [3.63, 3.8) is 0 Å². The van der Waals surface area contributed by atoms with Crippen LogP contribution in [0.4, 0.5) is 0 Å². The minimum atomic E-state index is -2.40. The van der Waals surface area contributed by atoms with Crippen molar-refractivity contribution in [2.24, 2.45) is 0 Å². The molecule has 8 nitrogen and oxygen atoms in total. The number of hydrogen-bond donors (Lipinski definition) is 1. The number of rotatable bonds is 4. The maximum absolute atomic E-state index is 12.2. The van der Waals surface area contributed by atoms with Crippen LogP contribution >= 0.6 is 0 Å². The maximum atomic E-state index is 12.2. The summed E-state index contributed by atoms with van der Waals surface area (Å²) in [6.45, 7) is 3.89. The normalized spacial score (nSPS) is 12.5. The smallest absolute Gasteiger partial charge is 0.334 e. The molecule has 0 amide bonds. The van der Waals surface area contributed by atoms with Crippen LogP contribution in [0.1, 0.15) is 12.7 Å². The van der Waals surface area contributed by atoms with Crippen LogP contribution in [-0.4, -0.2) is 34.7 Å². The van der Waals surface area contributed by atoms with E-state index < -0.39 is 16.8 Å². The predicted molar refractivity (Wildman–Crippen MR) is 82.1 cm³/mol. The van der Waals surface area contributed by atoms with Gasteiger partial charge in [-0.05, 0) is 43.1 Å². The summed E-state index contributed by atoms with van der Waals surface area (Å²) in [6.07, 6.45) is 1.48. The molecule has 1 unspecified atom stereocenters. The average Bonchev–Trinajstić information content (AvgIpc) is 2.89. The van der Waals surface area contributed by atoms with Gasteiger partial charge < -0.3 is 9.29 Å². The Kier molecular flexibility index (Phi) is 3.97. The highest BCUT2D eigenvalue weighted by atomic mass is 32.2. The second kappa shape index (κ2) is 5.94. The van der Waals surface area contributed by atoms with Crippen molar-refractivity contribution >= 4 is 16.7 Å². The first-order chi connectivity index (χ1) is 11.0. The van der Waals surface area contributed by atoms with Gasteiger partial charge in [-0.25, -0.2) is 19.2 Å². The van der Waals surface area contributed by atoms with E-state index in [0.29, 0.717) is 29.4 Å². The van der Waals surface area contributed by atoms with Crippen LogP contribution in [0.15, 0.2) is 34.1 Å². The van der Waals surface area contributed by atoms with Crippen LogP contribution in [-0.2, 0) is 11.1 Å². The van der Waals surface area contributed by atoms with Crippen molar-refractivity contribution in [2.75, 3.05) is 6.61 Å². The van der Waals surface area contributed by atoms with Crippen LogP contribution in [0.2, 0.25) is 0 Å². The summed E-state index contributed by atoms with van der Waals surface area (Å²) in [5, 5.41) is 0. The number of H-pyrrole nitrogens is 1. The molecule has 0 saturated carbocycles. The molecule has 0 aliphatic rings. The second-order valence-corrected chi connectivity index (χ2v) is 5.66. The lowest BCUT2D eigenvalue weighted by Gasteiger charge is -2.13. The molecule has 3 aromatic rings. The van der Waals surface area contributed by atoms with E-state index in [1.807, 2.05) is 6.92 Å². The van der Waals surface area contributed by atoms with Crippen LogP contribution in [0, 0.1) is 6.92 Å². The van der Waals surface area contributed by atoms with Gasteiger partial charge in [0.05, 0.1) is 18.4 Å². The van der Waals surface area contributed by atoms with Crippen molar-refractivity contribution in [1.29, 1.82) is 0 Å². The Labute approximate surface area is 133 Å². The first kappa shape index (κ1) is 15.4. The SMILES string of the molecule is CCOc1ccc(S(=O)[O-])cc1-c1nc2cnc(C)n2c(=O)[nH]1. The van der Waals surface area contributed by atoms with Gasteiger partial charge in [0, 0.05) is 4.90 Å². The monoisotopic (exact) mass is 333 g/mol. The summed E-state index contributed by atoms with van der Waals surface area (Å²) in [4.78, 5) is 23.3. The van der Waals surface area contributed by atoms with Gasteiger partial charge in [-0.15, -0.1) is 0 Å². The zero-order valence-electron chi connectivity index (χ0n) is 12.4. The number of hydrogen-bond acceptors (Lipinski definition) is 6. The van der Waals surface area contributed by atoms with E-state index in [2.05, 4.69) is 15.0 Å².